The second kappa shape index (κ2) is 12.3. The third-order valence-electron chi connectivity index (χ3n) is 2.69. The lowest BCUT2D eigenvalue weighted by atomic mass is 10.1. The van der Waals surface area contributed by atoms with Crippen molar-refractivity contribution in [3.8, 4) is 0 Å². The summed E-state index contributed by atoms with van der Waals surface area (Å²) in [6.45, 7) is 4.52. The monoisotopic (exact) mass is 274 g/mol. The predicted octanol–water partition coefficient (Wildman–Crippen LogP) is 6.21. The highest BCUT2D eigenvalue weighted by molar-refractivity contribution is 9.11. The predicted molar refractivity (Wildman–Crippen MR) is 74.5 cm³/mol. The summed E-state index contributed by atoms with van der Waals surface area (Å²) in [6, 6.07) is 0. The molecule has 0 radical (unpaired) electrons. The lowest BCUT2D eigenvalue weighted by Crippen LogP contribution is -1.79. The van der Waals surface area contributed by atoms with Crippen LogP contribution in [0.15, 0.2) is 10.6 Å². The molecule has 0 saturated heterocycles. The Morgan fingerprint density at radius 2 is 1.47 bits per heavy atom. The zero-order valence-electron chi connectivity index (χ0n) is 10.5. The van der Waals surface area contributed by atoms with E-state index in [9.17, 15) is 0 Å². The first-order valence-corrected chi connectivity index (χ1v) is 7.45. The molecule has 0 N–H and O–H groups in total. The molecule has 0 aromatic heterocycles. The van der Waals surface area contributed by atoms with E-state index in [0.29, 0.717) is 0 Å². The Kier molecular flexibility index (Phi) is 12.5. The van der Waals surface area contributed by atoms with Gasteiger partial charge in [-0.05, 0) is 30.2 Å². The van der Waals surface area contributed by atoms with Gasteiger partial charge in [0.25, 0.3) is 0 Å². The molecule has 0 atom stereocenters. The van der Waals surface area contributed by atoms with Gasteiger partial charge in [0.15, 0.2) is 0 Å². The third kappa shape index (κ3) is 12.2. The first-order valence-electron chi connectivity index (χ1n) is 6.65. The van der Waals surface area contributed by atoms with E-state index in [4.69, 9.17) is 0 Å². The molecule has 0 nitrogen and oxygen atoms in total. The van der Waals surface area contributed by atoms with E-state index in [-0.39, 0.29) is 0 Å². The van der Waals surface area contributed by atoms with Gasteiger partial charge in [0.2, 0.25) is 0 Å². The third-order valence-corrected chi connectivity index (χ3v) is 3.41. The molecular formula is C14H27Br. The molecule has 0 aliphatic heterocycles. The first-order chi connectivity index (χ1) is 7.31. The minimum absolute atomic E-state index is 1.24. The van der Waals surface area contributed by atoms with Gasteiger partial charge in [-0.2, -0.15) is 0 Å². The van der Waals surface area contributed by atoms with Gasteiger partial charge in [-0.15, -0.1) is 0 Å². The maximum absolute atomic E-state index is 3.65. The molecule has 90 valence electrons. The SMILES string of the molecule is CCCCCCC/C=C(/Br)CCCCC. The van der Waals surface area contributed by atoms with Gasteiger partial charge in [0.05, 0.1) is 0 Å². The molecule has 0 amide bonds. The largest absolute Gasteiger partial charge is 0.0744 e. The molecule has 0 unspecified atom stereocenters. The van der Waals surface area contributed by atoms with Crippen molar-refractivity contribution in [1.29, 1.82) is 0 Å². The fraction of sp³-hybridized carbons (Fsp3) is 0.857. The van der Waals surface area contributed by atoms with Crippen LogP contribution < -0.4 is 0 Å². The van der Waals surface area contributed by atoms with Gasteiger partial charge in [0.1, 0.15) is 0 Å². The van der Waals surface area contributed by atoms with Gasteiger partial charge < -0.3 is 0 Å². The van der Waals surface area contributed by atoms with Crippen molar-refractivity contribution in [2.24, 2.45) is 0 Å². The van der Waals surface area contributed by atoms with Crippen LogP contribution in [0.25, 0.3) is 0 Å². The molecule has 0 spiro atoms. The number of unbranched alkanes of at least 4 members (excludes halogenated alkanes) is 7. The molecule has 0 aromatic carbocycles. The summed E-state index contributed by atoms with van der Waals surface area (Å²) in [5, 5.41) is 0. The Morgan fingerprint density at radius 1 is 0.867 bits per heavy atom. The Balaban J connectivity index is 3.25. The highest BCUT2D eigenvalue weighted by atomic mass is 79.9. The van der Waals surface area contributed by atoms with Crippen LogP contribution in [-0.2, 0) is 0 Å². The smallest absolute Gasteiger partial charge is 0.00892 e. The summed E-state index contributed by atoms with van der Waals surface area (Å²) in [5.41, 5.74) is 0. The van der Waals surface area contributed by atoms with Crippen LogP contribution in [0.1, 0.15) is 78.1 Å². The quantitative estimate of drug-likeness (QED) is 0.416. The van der Waals surface area contributed by atoms with Gasteiger partial charge >= 0.3 is 0 Å². The fourth-order valence-electron chi connectivity index (χ4n) is 1.65. The van der Waals surface area contributed by atoms with E-state index in [1.54, 1.807) is 0 Å². The first kappa shape index (κ1) is 15.2. The van der Waals surface area contributed by atoms with Crippen molar-refractivity contribution in [3.05, 3.63) is 10.6 Å². The van der Waals surface area contributed by atoms with Crippen LogP contribution in [0.4, 0.5) is 0 Å². The Hall–Kier alpha value is 0.220. The van der Waals surface area contributed by atoms with Crippen molar-refractivity contribution in [2.75, 3.05) is 0 Å². The number of hydrogen-bond acceptors (Lipinski definition) is 0. The van der Waals surface area contributed by atoms with E-state index in [0.717, 1.165) is 0 Å². The van der Waals surface area contributed by atoms with Crippen LogP contribution in [-0.4, -0.2) is 0 Å². The lowest BCUT2D eigenvalue weighted by Gasteiger charge is -2.00. The topological polar surface area (TPSA) is 0 Å². The van der Waals surface area contributed by atoms with E-state index < -0.39 is 0 Å². The number of allylic oxidation sites excluding steroid dienone is 2. The van der Waals surface area contributed by atoms with Crippen molar-refractivity contribution in [1.82, 2.24) is 0 Å². The van der Waals surface area contributed by atoms with E-state index in [2.05, 4.69) is 35.9 Å². The molecular weight excluding hydrogens is 248 g/mol. The van der Waals surface area contributed by atoms with Crippen LogP contribution in [0.3, 0.4) is 0 Å². The molecule has 0 bridgehead atoms. The van der Waals surface area contributed by atoms with Crippen LogP contribution >= 0.6 is 15.9 Å². The number of rotatable bonds is 10. The fourth-order valence-corrected chi connectivity index (χ4v) is 2.16. The summed E-state index contributed by atoms with van der Waals surface area (Å²) in [4.78, 5) is 0. The van der Waals surface area contributed by atoms with Crippen molar-refractivity contribution < 1.29 is 0 Å². The lowest BCUT2D eigenvalue weighted by molar-refractivity contribution is 0.636. The van der Waals surface area contributed by atoms with Crippen molar-refractivity contribution in [2.45, 2.75) is 78.1 Å². The summed E-state index contributed by atoms with van der Waals surface area (Å²) >= 11 is 3.65. The van der Waals surface area contributed by atoms with Gasteiger partial charge in [0, 0.05) is 0 Å². The van der Waals surface area contributed by atoms with E-state index in [1.807, 2.05) is 0 Å². The number of halogens is 1. The van der Waals surface area contributed by atoms with Gasteiger partial charge in [-0.25, -0.2) is 0 Å². The van der Waals surface area contributed by atoms with Gasteiger partial charge in [-0.1, -0.05) is 74.4 Å². The summed E-state index contributed by atoms with van der Waals surface area (Å²) in [6.07, 6.45) is 15.8. The summed E-state index contributed by atoms with van der Waals surface area (Å²) < 4.78 is 1.42. The maximum Gasteiger partial charge on any atom is -0.00892 e. The zero-order chi connectivity index (χ0) is 11.4. The average Bonchev–Trinajstić information content (AvgIpc) is 2.23. The number of hydrogen-bond donors (Lipinski definition) is 0. The van der Waals surface area contributed by atoms with Crippen molar-refractivity contribution >= 4 is 15.9 Å². The second-order valence-corrected chi connectivity index (χ2v) is 5.33. The summed E-state index contributed by atoms with van der Waals surface area (Å²) in [7, 11) is 0. The highest BCUT2D eigenvalue weighted by Crippen LogP contribution is 2.17. The average molecular weight is 275 g/mol. The highest BCUT2D eigenvalue weighted by Gasteiger charge is 1.92. The Morgan fingerprint density at radius 3 is 2.13 bits per heavy atom. The molecule has 15 heavy (non-hydrogen) atoms. The molecule has 0 saturated carbocycles. The Bertz CT molecular complexity index is 149. The zero-order valence-corrected chi connectivity index (χ0v) is 12.1. The van der Waals surface area contributed by atoms with Crippen LogP contribution in [0, 0.1) is 0 Å². The normalized spacial score (nSPS) is 12.1. The standard InChI is InChI=1S/C14H27Br/c1-3-5-7-8-9-11-13-14(15)12-10-6-4-2/h13H,3-12H2,1-2H3/b14-13+. The van der Waals surface area contributed by atoms with E-state index >= 15 is 0 Å². The summed E-state index contributed by atoms with van der Waals surface area (Å²) in [5.74, 6) is 0. The van der Waals surface area contributed by atoms with E-state index in [1.165, 1.54) is 68.7 Å². The molecule has 0 fully saturated rings. The molecule has 0 aliphatic carbocycles. The molecule has 0 heterocycles. The van der Waals surface area contributed by atoms with Crippen LogP contribution in [0.2, 0.25) is 0 Å². The molecule has 1 heteroatoms. The maximum atomic E-state index is 3.65. The molecule has 0 aliphatic rings. The van der Waals surface area contributed by atoms with Crippen LogP contribution in [0.5, 0.6) is 0 Å². The van der Waals surface area contributed by atoms with Crippen molar-refractivity contribution in [3.63, 3.8) is 0 Å². The minimum atomic E-state index is 1.24. The van der Waals surface area contributed by atoms with Gasteiger partial charge in [-0.3, -0.25) is 0 Å². The second-order valence-electron chi connectivity index (χ2n) is 4.31. The molecule has 0 rings (SSSR count). The Labute approximate surface area is 105 Å². The molecule has 0 aromatic rings. The minimum Gasteiger partial charge on any atom is -0.0744 e.